The number of aryl methyl sites for hydroxylation is 3. The Labute approximate surface area is 307 Å². The molecule has 2 aromatic heterocycles. The Morgan fingerprint density at radius 3 is 2.14 bits per heavy atom. The predicted octanol–water partition coefficient (Wildman–Crippen LogP) is 10.5. The second kappa shape index (κ2) is 12.5. The SMILES string of the molecule is Cc1cc(C)c(-c2c(-c3ccccc3)cnn2-c2[c-]c3c(cc2)c2ccccc2n3-c2[c-]c(N3[CH-]N(C)c4ccccc43)ccc2)c(C)c1.[Pt]. The average molecular weight is 828 g/mol. The Morgan fingerprint density at radius 1 is 0.640 bits per heavy atom. The fourth-order valence-corrected chi connectivity index (χ4v) is 7.58. The summed E-state index contributed by atoms with van der Waals surface area (Å²) in [5.41, 5.74) is 15.4. The molecule has 5 nitrogen and oxygen atoms in total. The second-order valence-corrected chi connectivity index (χ2v) is 12.9. The van der Waals surface area contributed by atoms with Crippen molar-refractivity contribution in [1.29, 1.82) is 0 Å². The van der Waals surface area contributed by atoms with E-state index in [1.807, 2.05) is 6.20 Å². The molecule has 3 heterocycles. The summed E-state index contributed by atoms with van der Waals surface area (Å²) in [4.78, 5) is 4.36. The van der Waals surface area contributed by atoms with E-state index in [4.69, 9.17) is 5.10 Å². The van der Waals surface area contributed by atoms with Gasteiger partial charge in [0.1, 0.15) is 0 Å². The van der Waals surface area contributed by atoms with Crippen molar-refractivity contribution in [3.05, 3.63) is 163 Å². The maximum atomic E-state index is 5.05. The fourth-order valence-electron chi connectivity index (χ4n) is 7.58. The number of hydrogen-bond acceptors (Lipinski definition) is 3. The predicted molar refractivity (Wildman–Crippen MR) is 202 cm³/mol. The summed E-state index contributed by atoms with van der Waals surface area (Å²) in [6.07, 6.45) is 2.00. The molecule has 1 aliphatic heterocycles. The van der Waals surface area contributed by atoms with Crippen molar-refractivity contribution in [3.8, 4) is 33.8 Å². The molecule has 50 heavy (non-hydrogen) atoms. The van der Waals surface area contributed by atoms with Gasteiger partial charge >= 0.3 is 0 Å². The summed E-state index contributed by atoms with van der Waals surface area (Å²) in [7, 11) is 2.08. The first-order chi connectivity index (χ1) is 24.0. The van der Waals surface area contributed by atoms with Crippen LogP contribution in [0, 0.1) is 39.6 Å². The number of nitrogens with zero attached hydrogens (tertiary/aromatic N) is 5. The van der Waals surface area contributed by atoms with Gasteiger partial charge in [0.05, 0.1) is 11.9 Å². The standard InChI is InChI=1S/C44H34N5.Pt/c1-29-23-30(2)43(31(3)24-29)44-38(32-13-6-5-7-14-32)27-45-49(44)35-21-22-37-36-17-8-9-18-39(36)48(42(37)26-35)34-16-12-15-33(25-34)47-28-46(4)40-19-10-11-20-41(40)47;/h5-24,27-28H,1-4H3;/q-3;. The molecule has 0 bridgehead atoms. The molecule has 8 aromatic rings. The molecule has 0 aliphatic carbocycles. The van der Waals surface area contributed by atoms with E-state index >= 15 is 0 Å². The van der Waals surface area contributed by atoms with Gasteiger partial charge in [-0.1, -0.05) is 89.6 Å². The molecule has 0 spiro atoms. The number of fused-ring (bicyclic) bond motifs is 4. The van der Waals surface area contributed by atoms with Gasteiger partial charge in [-0.25, -0.2) is 0 Å². The molecular formula is C44H34N5Pt-3. The van der Waals surface area contributed by atoms with Crippen LogP contribution in [0.2, 0.25) is 0 Å². The largest absolute Gasteiger partial charge is 0.504 e. The number of para-hydroxylation sites is 3. The zero-order chi connectivity index (χ0) is 33.2. The molecule has 0 fully saturated rings. The molecule has 0 N–H and O–H groups in total. The van der Waals surface area contributed by atoms with Crippen molar-refractivity contribution >= 4 is 38.9 Å². The van der Waals surface area contributed by atoms with Crippen LogP contribution >= 0.6 is 0 Å². The minimum absolute atomic E-state index is 0. The minimum Gasteiger partial charge on any atom is -0.504 e. The summed E-state index contributed by atoms with van der Waals surface area (Å²) in [6, 6.07) is 50.4. The topological polar surface area (TPSA) is 29.2 Å². The van der Waals surface area contributed by atoms with Crippen molar-refractivity contribution in [2.75, 3.05) is 16.8 Å². The van der Waals surface area contributed by atoms with Crippen molar-refractivity contribution in [2.24, 2.45) is 0 Å². The molecule has 248 valence electrons. The fraction of sp³-hybridized carbons (Fsp3) is 0.0909. The summed E-state index contributed by atoms with van der Waals surface area (Å²) in [5, 5.41) is 7.36. The number of aromatic nitrogens is 3. The molecule has 1 aliphatic rings. The Balaban J connectivity index is 0.00000361. The first-order valence-electron chi connectivity index (χ1n) is 16.6. The minimum atomic E-state index is 0. The molecule has 0 amide bonds. The Bertz CT molecular complexity index is 2520. The van der Waals surface area contributed by atoms with Crippen LogP contribution < -0.4 is 9.80 Å². The van der Waals surface area contributed by atoms with E-state index in [1.165, 1.54) is 33.3 Å². The number of benzene rings is 6. The summed E-state index contributed by atoms with van der Waals surface area (Å²) in [5.74, 6) is 0. The third-order valence-corrected chi connectivity index (χ3v) is 9.64. The summed E-state index contributed by atoms with van der Waals surface area (Å²) in [6.45, 7) is 8.67. The van der Waals surface area contributed by atoms with Gasteiger partial charge in [0.15, 0.2) is 0 Å². The van der Waals surface area contributed by atoms with Crippen molar-refractivity contribution < 1.29 is 21.1 Å². The quantitative estimate of drug-likeness (QED) is 0.162. The molecule has 0 radical (unpaired) electrons. The molecule has 0 unspecified atom stereocenters. The van der Waals surface area contributed by atoms with Crippen LogP contribution in [0.5, 0.6) is 0 Å². The normalized spacial score (nSPS) is 12.5. The van der Waals surface area contributed by atoms with Gasteiger partial charge in [-0.3, -0.25) is 4.68 Å². The van der Waals surface area contributed by atoms with Crippen LogP contribution in [0.3, 0.4) is 0 Å². The van der Waals surface area contributed by atoms with Gasteiger partial charge in [-0.05, 0) is 73.8 Å². The van der Waals surface area contributed by atoms with Gasteiger partial charge in [-0.15, -0.1) is 41.4 Å². The van der Waals surface area contributed by atoms with Gasteiger partial charge in [0, 0.05) is 49.1 Å². The molecule has 6 heteroatoms. The summed E-state index contributed by atoms with van der Waals surface area (Å²) < 4.78 is 4.35. The first-order valence-corrected chi connectivity index (χ1v) is 16.6. The van der Waals surface area contributed by atoms with E-state index < -0.39 is 0 Å². The maximum Gasteiger partial charge on any atom is 0.0799 e. The smallest absolute Gasteiger partial charge is 0.0799 e. The molecule has 0 saturated carbocycles. The maximum absolute atomic E-state index is 5.05. The van der Waals surface area contributed by atoms with Crippen LogP contribution in [-0.2, 0) is 21.1 Å². The molecule has 0 atom stereocenters. The van der Waals surface area contributed by atoms with Gasteiger partial charge < -0.3 is 14.4 Å². The average Bonchev–Trinajstić information content (AvgIpc) is 3.80. The molecule has 9 rings (SSSR count). The van der Waals surface area contributed by atoms with E-state index in [0.29, 0.717) is 0 Å². The third kappa shape index (κ3) is 5.07. The molecule has 6 aromatic carbocycles. The van der Waals surface area contributed by atoms with Crippen LogP contribution in [0.4, 0.5) is 17.1 Å². The van der Waals surface area contributed by atoms with E-state index in [0.717, 1.165) is 56.0 Å². The zero-order valence-corrected chi connectivity index (χ0v) is 30.5. The zero-order valence-electron chi connectivity index (χ0n) is 28.3. The van der Waals surface area contributed by atoms with Crippen molar-refractivity contribution in [1.82, 2.24) is 14.3 Å². The third-order valence-electron chi connectivity index (χ3n) is 9.64. The van der Waals surface area contributed by atoms with Gasteiger partial charge in [0.25, 0.3) is 0 Å². The molecular weight excluding hydrogens is 794 g/mol. The van der Waals surface area contributed by atoms with Crippen LogP contribution in [0.1, 0.15) is 16.7 Å². The van der Waals surface area contributed by atoms with Crippen molar-refractivity contribution in [3.63, 3.8) is 0 Å². The van der Waals surface area contributed by atoms with E-state index in [9.17, 15) is 0 Å². The number of rotatable bonds is 5. The Hall–Kier alpha value is -5.38. The van der Waals surface area contributed by atoms with Gasteiger partial charge in [-0.2, -0.15) is 23.9 Å². The first kappa shape index (κ1) is 31.9. The number of anilines is 3. The Kier molecular flexibility index (Phi) is 7.96. The van der Waals surface area contributed by atoms with Gasteiger partial charge in [0.2, 0.25) is 0 Å². The summed E-state index contributed by atoms with van der Waals surface area (Å²) >= 11 is 0. The monoisotopic (exact) mass is 827 g/mol. The van der Waals surface area contributed by atoms with Crippen molar-refractivity contribution in [2.45, 2.75) is 20.8 Å². The number of hydrogen-bond donors (Lipinski definition) is 0. The Morgan fingerprint density at radius 2 is 1.34 bits per heavy atom. The van der Waals surface area contributed by atoms with Crippen LogP contribution in [0.25, 0.3) is 55.6 Å². The second-order valence-electron chi connectivity index (χ2n) is 12.9. The van der Waals surface area contributed by atoms with E-state index in [1.54, 1.807) is 0 Å². The van der Waals surface area contributed by atoms with E-state index in [-0.39, 0.29) is 21.1 Å². The van der Waals surface area contributed by atoms with Crippen LogP contribution in [-0.4, -0.2) is 21.4 Å². The molecule has 0 saturated heterocycles. The van der Waals surface area contributed by atoms with E-state index in [2.05, 4.69) is 187 Å². The van der Waals surface area contributed by atoms with Crippen LogP contribution in [0.15, 0.2) is 128 Å².